The second kappa shape index (κ2) is 13.3. The van der Waals surface area contributed by atoms with E-state index >= 15 is 0 Å². The van der Waals surface area contributed by atoms with Crippen molar-refractivity contribution in [3.63, 3.8) is 0 Å². The van der Waals surface area contributed by atoms with Crippen LogP contribution in [-0.4, -0.2) is 44.7 Å². The summed E-state index contributed by atoms with van der Waals surface area (Å²) in [5.41, 5.74) is 2.73. The van der Waals surface area contributed by atoms with Crippen molar-refractivity contribution in [2.24, 2.45) is 11.3 Å². The number of benzene rings is 2. The van der Waals surface area contributed by atoms with E-state index in [4.69, 9.17) is 14.6 Å². The van der Waals surface area contributed by atoms with E-state index in [1.54, 1.807) is 22.8 Å². The summed E-state index contributed by atoms with van der Waals surface area (Å²) in [6.45, 7) is 14.2. The molecule has 5 rings (SSSR count). The number of hydroxylamine groups is 2. The molecule has 1 N–H and O–H groups in total. The number of rotatable bonds is 11. The highest BCUT2D eigenvalue weighted by atomic mass is 32.1. The number of ether oxygens (including phenoxy) is 1. The topological polar surface area (TPSA) is 103 Å². The molecule has 0 spiro atoms. The Morgan fingerprint density at radius 2 is 1.83 bits per heavy atom. The third-order valence-electron chi connectivity index (χ3n) is 8.20. The van der Waals surface area contributed by atoms with E-state index in [0.29, 0.717) is 17.4 Å². The summed E-state index contributed by atoms with van der Waals surface area (Å²) in [7, 11) is 0. The number of thiazole rings is 1. The quantitative estimate of drug-likeness (QED) is 0.164. The van der Waals surface area contributed by atoms with Crippen molar-refractivity contribution in [1.29, 1.82) is 0 Å². The van der Waals surface area contributed by atoms with Crippen molar-refractivity contribution in [2.45, 2.75) is 86.2 Å². The monoisotopic (exact) mass is 644 g/mol. The summed E-state index contributed by atoms with van der Waals surface area (Å²) >= 11 is 1.42. The molecule has 0 atom stereocenters. The molecule has 0 radical (unpaired) electrons. The van der Waals surface area contributed by atoms with Gasteiger partial charge in [-0.25, -0.2) is 9.78 Å². The first-order chi connectivity index (χ1) is 21.7. The molecule has 2 aromatic carbocycles. The van der Waals surface area contributed by atoms with Crippen LogP contribution in [-0.2, 0) is 16.0 Å². The molecular formula is C36H44N4O5S. The second-order valence-electron chi connectivity index (χ2n) is 13.8. The van der Waals surface area contributed by atoms with Crippen LogP contribution in [0, 0.1) is 18.3 Å². The Hall–Kier alpha value is -4.18. The first kappa shape index (κ1) is 33.2. The van der Waals surface area contributed by atoms with Gasteiger partial charge in [0.15, 0.2) is 10.9 Å². The first-order valence-corrected chi connectivity index (χ1v) is 16.7. The van der Waals surface area contributed by atoms with Crippen LogP contribution in [0.1, 0.15) is 82.5 Å². The maximum absolute atomic E-state index is 13.1. The van der Waals surface area contributed by atoms with Crippen molar-refractivity contribution in [3.8, 4) is 17.0 Å². The van der Waals surface area contributed by atoms with Gasteiger partial charge in [0.2, 0.25) is 11.8 Å². The van der Waals surface area contributed by atoms with Crippen molar-refractivity contribution in [2.75, 3.05) is 11.9 Å². The second-order valence-corrected chi connectivity index (χ2v) is 15.0. The lowest BCUT2D eigenvalue weighted by Gasteiger charge is -2.30. The Bertz CT molecular complexity index is 1740. The van der Waals surface area contributed by atoms with E-state index in [2.05, 4.69) is 26.1 Å². The predicted octanol–water partition coefficient (Wildman–Crippen LogP) is 8.66. The number of anilines is 1. The molecule has 4 aromatic rings. The molecule has 0 bridgehead atoms. The van der Waals surface area contributed by atoms with Gasteiger partial charge in [-0.2, -0.15) is 0 Å². The van der Waals surface area contributed by atoms with E-state index in [1.807, 2.05) is 64.2 Å². The average molecular weight is 645 g/mol. The number of nitrogens with zero attached hydrogens (tertiary/aromatic N) is 3. The van der Waals surface area contributed by atoms with Gasteiger partial charge in [-0.1, -0.05) is 45.4 Å². The SMILES string of the molecule is CCC(C)(C)CCN(Oc1cccc(CC(=O)Nc2nc(-c3ccc4c(ccn4C(=O)C4CC4)c3)c(C)s2)c1)C(=O)OC(C)(C)C. The number of hydrogen-bond acceptors (Lipinski definition) is 7. The highest BCUT2D eigenvalue weighted by Crippen LogP contribution is 2.35. The molecule has 10 heteroatoms. The maximum atomic E-state index is 13.1. The van der Waals surface area contributed by atoms with Gasteiger partial charge in [0.1, 0.15) is 5.60 Å². The third-order valence-corrected chi connectivity index (χ3v) is 9.08. The lowest BCUT2D eigenvalue weighted by Crippen LogP contribution is -2.40. The van der Waals surface area contributed by atoms with Gasteiger partial charge >= 0.3 is 6.09 Å². The summed E-state index contributed by atoms with van der Waals surface area (Å²) in [5.74, 6) is 0.538. The van der Waals surface area contributed by atoms with Crippen LogP contribution in [0.5, 0.6) is 5.75 Å². The van der Waals surface area contributed by atoms with Gasteiger partial charge in [-0.3, -0.25) is 14.2 Å². The molecular weight excluding hydrogens is 600 g/mol. The Morgan fingerprint density at radius 3 is 2.52 bits per heavy atom. The minimum Gasteiger partial charge on any atom is -0.442 e. The summed E-state index contributed by atoms with van der Waals surface area (Å²) in [6.07, 6.45) is 5.03. The zero-order chi connectivity index (χ0) is 33.2. The molecule has 0 unspecified atom stereocenters. The van der Waals surface area contributed by atoms with Crippen LogP contribution in [0.15, 0.2) is 54.7 Å². The predicted molar refractivity (Wildman–Crippen MR) is 182 cm³/mol. The van der Waals surface area contributed by atoms with Crippen molar-refractivity contribution in [1.82, 2.24) is 14.6 Å². The average Bonchev–Trinajstić information content (AvgIpc) is 3.65. The molecule has 2 heterocycles. The Labute approximate surface area is 274 Å². The zero-order valence-electron chi connectivity index (χ0n) is 27.8. The van der Waals surface area contributed by atoms with Gasteiger partial charge in [0.05, 0.1) is 24.2 Å². The molecule has 2 aromatic heterocycles. The minimum atomic E-state index is -0.665. The van der Waals surface area contributed by atoms with Crippen LogP contribution < -0.4 is 10.2 Å². The highest BCUT2D eigenvalue weighted by molar-refractivity contribution is 7.16. The van der Waals surface area contributed by atoms with Crippen molar-refractivity contribution >= 4 is 45.3 Å². The van der Waals surface area contributed by atoms with Crippen LogP contribution >= 0.6 is 11.3 Å². The number of fused-ring (bicyclic) bond motifs is 1. The van der Waals surface area contributed by atoms with Crippen LogP contribution in [0.3, 0.4) is 0 Å². The van der Waals surface area contributed by atoms with Crippen molar-refractivity contribution < 1.29 is 24.0 Å². The fourth-order valence-corrected chi connectivity index (χ4v) is 5.84. The van der Waals surface area contributed by atoms with Crippen LogP contribution in [0.25, 0.3) is 22.2 Å². The van der Waals surface area contributed by atoms with E-state index in [9.17, 15) is 14.4 Å². The van der Waals surface area contributed by atoms with Crippen molar-refractivity contribution in [3.05, 3.63) is 65.2 Å². The number of nitrogens with one attached hydrogen (secondary N) is 1. The van der Waals surface area contributed by atoms with Gasteiger partial charge in [-0.15, -0.1) is 16.4 Å². The Morgan fingerprint density at radius 1 is 1.07 bits per heavy atom. The number of hydrogen-bond donors (Lipinski definition) is 1. The zero-order valence-corrected chi connectivity index (χ0v) is 28.6. The number of carbonyl (C=O) groups is 3. The normalized spacial score (nSPS) is 13.5. The third kappa shape index (κ3) is 8.34. The van der Waals surface area contributed by atoms with Crippen LogP contribution in [0.2, 0.25) is 0 Å². The van der Waals surface area contributed by atoms with E-state index in [-0.39, 0.29) is 29.6 Å². The van der Waals surface area contributed by atoms with Gasteiger partial charge < -0.3 is 14.9 Å². The molecule has 1 fully saturated rings. The number of carbonyl (C=O) groups excluding carboxylic acids is 3. The largest absolute Gasteiger partial charge is 0.443 e. The van der Waals surface area contributed by atoms with E-state index in [1.165, 1.54) is 16.4 Å². The fraction of sp³-hybridized carbons (Fsp3) is 0.444. The molecule has 9 nitrogen and oxygen atoms in total. The highest BCUT2D eigenvalue weighted by Gasteiger charge is 2.31. The number of amides is 2. The standard InChI is InChI=1S/C36H44N4O5S/c1-8-36(6,7)17-19-40(34(43)44-35(3,4)5)45-28-11-9-10-24(20-28)21-30(41)37-33-38-31(23(2)46-33)27-14-15-29-26(22-27)16-18-39(29)32(42)25-12-13-25/h9-11,14-16,18,20,22,25H,8,12-13,17,19,21H2,1-7H3,(H,37,38,41). The molecule has 244 valence electrons. The molecule has 1 aliphatic rings. The van der Waals surface area contributed by atoms with Crippen LogP contribution in [0.4, 0.5) is 9.93 Å². The minimum absolute atomic E-state index is 0.0341. The fourth-order valence-electron chi connectivity index (χ4n) is 4.98. The van der Waals surface area contributed by atoms with E-state index < -0.39 is 11.7 Å². The smallest absolute Gasteiger partial charge is 0.442 e. The van der Waals surface area contributed by atoms with E-state index in [0.717, 1.165) is 58.3 Å². The molecule has 46 heavy (non-hydrogen) atoms. The lowest BCUT2D eigenvalue weighted by molar-refractivity contribution is -0.115. The molecule has 0 aliphatic heterocycles. The molecule has 0 saturated heterocycles. The van der Waals surface area contributed by atoms with Gasteiger partial charge in [-0.05, 0) is 88.3 Å². The molecule has 1 aliphatic carbocycles. The number of aromatic nitrogens is 2. The number of aryl methyl sites for hydroxylation is 1. The Kier molecular flexibility index (Phi) is 9.58. The summed E-state index contributed by atoms with van der Waals surface area (Å²) in [6, 6.07) is 15.1. The first-order valence-electron chi connectivity index (χ1n) is 15.9. The van der Waals surface area contributed by atoms with Gasteiger partial charge in [0, 0.05) is 27.9 Å². The summed E-state index contributed by atoms with van der Waals surface area (Å²) < 4.78 is 7.34. The Balaban J connectivity index is 1.24. The molecule has 2 amide bonds. The van der Waals surface area contributed by atoms with Gasteiger partial charge in [0.25, 0.3) is 0 Å². The lowest BCUT2D eigenvalue weighted by atomic mass is 9.86. The summed E-state index contributed by atoms with van der Waals surface area (Å²) in [5, 5.41) is 5.69. The summed E-state index contributed by atoms with van der Waals surface area (Å²) in [4.78, 5) is 50.4. The molecule has 1 saturated carbocycles. The maximum Gasteiger partial charge on any atom is 0.443 e.